The van der Waals surface area contributed by atoms with Gasteiger partial charge in [-0.15, -0.1) is 10.2 Å². The molecule has 0 aliphatic heterocycles. The molecule has 0 atom stereocenters. The quantitative estimate of drug-likeness (QED) is 0.637. The fourth-order valence-electron chi connectivity index (χ4n) is 2.01. The molecular formula is C18H16FN3O4S. The Morgan fingerprint density at radius 3 is 2.33 bits per heavy atom. The average molecular weight is 389 g/mol. The van der Waals surface area contributed by atoms with Crippen LogP contribution < -0.4 is 19.5 Å². The molecule has 0 aliphatic carbocycles. The van der Waals surface area contributed by atoms with Crippen molar-refractivity contribution in [1.29, 1.82) is 0 Å². The standard InChI is InChI=1S/C18H16FN3O4S/c1-24-13-6-8-15(9-7-13)25-10-16(23)20-18-22-21-17(27-18)11-26-14-4-2-12(19)3-5-14/h2-9H,10-11H2,1H3,(H,20,22,23). The summed E-state index contributed by atoms with van der Waals surface area (Å²) in [7, 11) is 1.57. The summed E-state index contributed by atoms with van der Waals surface area (Å²) in [6, 6.07) is 12.6. The van der Waals surface area contributed by atoms with Gasteiger partial charge in [0, 0.05) is 0 Å². The molecule has 3 aromatic rings. The van der Waals surface area contributed by atoms with Gasteiger partial charge in [0.25, 0.3) is 5.91 Å². The number of carbonyl (C=O) groups is 1. The summed E-state index contributed by atoms with van der Waals surface area (Å²) in [5, 5.41) is 11.4. The highest BCUT2D eigenvalue weighted by Gasteiger charge is 2.10. The molecule has 0 radical (unpaired) electrons. The minimum absolute atomic E-state index is 0.159. The van der Waals surface area contributed by atoms with Crippen molar-refractivity contribution >= 4 is 22.4 Å². The molecule has 1 heterocycles. The summed E-state index contributed by atoms with van der Waals surface area (Å²) in [6.45, 7) is 0.00877. The van der Waals surface area contributed by atoms with Gasteiger partial charge in [-0.2, -0.15) is 0 Å². The Morgan fingerprint density at radius 2 is 1.63 bits per heavy atom. The first-order valence-electron chi connectivity index (χ1n) is 7.90. The van der Waals surface area contributed by atoms with Crippen molar-refractivity contribution in [3.8, 4) is 17.2 Å². The fourth-order valence-corrected chi connectivity index (χ4v) is 2.68. The van der Waals surface area contributed by atoms with Crippen molar-refractivity contribution < 1.29 is 23.4 Å². The van der Waals surface area contributed by atoms with Crippen LogP contribution in [0.5, 0.6) is 17.2 Å². The number of carbonyl (C=O) groups excluding carboxylic acids is 1. The van der Waals surface area contributed by atoms with Crippen LogP contribution in [-0.4, -0.2) is 29.8 Å². The predicted octanol–water partition coefficient (Wildman–Crippen LogP) is 3.28. The van der Waals surface area contributed by atoms with Gasteiger partial charge in [0.05, 0.1) is 7.11 Å². The maximum atomic E-state index is 12.8. The molecule has 0 unspecified atom stereocenters. The van der Waals surface area contributed by atoms with Crippen LogP contribution in [0.1, 0.15) is 5.01 Å². The number of halogens is 1. The van der Waals surface area contributed by atoms with Gasteiger partial charge in [-0.05, 0) is 48.5 Å². The number of methoxy groups -OCH3 is 1. The molecular weight excluding hydrogens is 373 g/mol. The topological polar surface area (TPSA) is 82.6 Å². The van der Waals surface area contributed by atoms with Crippen molar-refractivity contribution in [2.45, 2.75) is 6.61 Å². The zero-order chi connectivity index (χ0) is 19.1. The number of amides is 1. The molecule has 9 heteroatoms. The second-order valence-corrected chi connectivity index (χ2v) is 6.32. The van der Waals surface area contributed by atoms with E-state index in [4.69, 9.17) is 14.2 Å². The molecule has 27 heavy (non-hydrogen) atoms. The zero-order valence-corrected chi connectivity index (χ0v) is 15.2. The Morgan fingerprint density at radius 1 is 1.00 bits per heavy atom. The molecule has 0 bridgehead atoms. The molecule has 1 aromatic heterocycles. The molecule has 0 fully saturated rings. The summed E-state index contributed by atoms with van der Waals surface area (Å²) in [5.41, 5.74) is 0. The second-order valence-electron chi connectivity index (χ2n) is 5.26. The van der Waals surface area contributed by atoms with Crippen molar-refractivity contribution in [2.75, 3.05) is 19.0 Å². The van der Waals surface area contributed by atoms with Crippen LogP contribution in [0.2, 0.25) is 0 Å². The highest BCUT2D eigenvalue weighted by Crippen LogP contribution is 2.19. The van der Waals surface area contributed by atoms with Gasteiger partial charge in [0.1, 0.15) is 29.7 Å². The summed E-state index contributed by atoms with van der Waals surface area (Å²) in [5.74, 6) is 1.09. The van der Waals surface area contributed by atoms with Crippen molar-refractivity contribution in [3.05, 3.63) is 59.4 Å². The fraction of sp³-hybridized carbons (Fsp3) is 0.167. The maximum absolute atomic E-state index is 12.8. The summed E-state index contributed by atoms with van der Waals surface area (Å²) >= 11 is 1.18. The van der Waals surface area contributed by atoms with Gasteiger partial charge in [-0.1, -0.05) is 11.3 Å². The first-order chi connectivity index (χ1) is 13.1. The van der Waals surface area contributed by atoms with Gasteiger partial charge >= 0.3 is 0 Å². The van der Waals surface area contributed by atoms with Crippen molar-refractivity contribution in [1.82, 2.24) is 10.2 Å². The second kappa shape index (κ2) is 8.95. The molecule has 1 N–H and O–H groups in total. The smallest absolute Gasteiger partial charge is 0.264 e. The third-order valence-corrected chi connectivity index (χ3v) is 4.13. The molecule has 0 saturated carbocycles. The number of ether oxygens (including phenoxy) is 3. The molecule has 7 nitrogen and oxygen atoms in total. The minimum Gasteiger partial charge on any atom is -0.497 e. The number of nitrogens with zero attached hydrogens (tertiary/aromatic N) is 2. The summed E-state index contributed by atoms with van der Waals surface area (Å²) in [4.78, 5) is 11.9. The molecule has 0 saturated heterocycles. The van der Waals surface area contributed by atoms with Gasteiger partial charge in [0.15, 0.2) is 11.6 Å². The van der Waals surface area contributed by atoms with E-state index in [2.05, 4.69) is 15.5 Å². The van der Waals surface area contributed by atoms with Gasteiger partial charge in [-0.3, -0.25) is 10.1 Å². The lowest BCUT2D eigenvalue weighted by molar-refractivity contribution is -0.118. The Bertz CT molecular complexity index is 884. The SMILES string of the molecule is COc1ccc(OCC(=O)Nc2nnc(COc3ccc(F)cc3)s2)cc1. The molecule has 2 aromatic carbocycles. The van der Waals surface area contributed by atoms with E-state index in [9.17, 15) is 9.18 Å². The van der Waals surface area contributed by atoms with Crippen LogP contribution >= 0.6 is 11.3 Å². The van der Waals surface area contributed by atoms with E-state index < -0.39 is 0 Å². The normalized spacial score (nSPS) is 10.3. The first kappa shape index (κ1) is 18.6. The van der Waals surface area contributed by atoms with E-state index in [1.54, 1.807) is 31.4 Å². The van der Waals surface area contributed by atoms with Crippen LogP contribution in [-0.2, 0) is 11.4 Å². The Kier molecular flexibility index (Phi) is 6.16. The number of rotatable bonds is 8. The number of hydrogen-bond acceptors (Lipinski definition) is 7. The van der Waals surface area contributed by atoms with Gasteiger partial charge < -0.3 is 14.2 Å². The van der Waals surface area contributed by atoms with E-state index in [1.165, 1.54) is 35.6 Å². The van der Waals surface area contributed by atoms with Crippen LogP contribution in [0.15, 0.2) is 48.5 Å². The molecule has 0 spiro atoms. The Hall–Kier alpha value is -3.20. The average Bonchev–Trinajstić information content (AvgIpc) is 3.13. The lowest BCUT2D eigenvalue weighted by Gasteiger charge is -2.06. The van der Waals surface area contributed by atoms with Crippen LogP contribution in [0, 0.1) is 5.82 Å². The number of aromatic nitrogens is 2. The van der Waals surface area contributed by atoms with Crippen molar-refractivity contribution in [2.24, 2.45) is 0 Å². The van der Waals surface area contributed by atoms with E-state index in [0.717, 1.165) is 0 Å². The number of nitrogens with one attached hydrogen (secondary N) is 1. The highest BCUT2D eigenvalue weighted by molar-refractivity contribution is 7.15. The summed E-state index contributed by atoms with van der Waals surface area (Å²) < 4.78 is 28.8. The molecule has 0 aliphatic rings. The minimum atomic E-state index is -0.354. The molecule has 1 amide bonds. The van der Waals surface area contributed by atoms with Crippen LogP contribution in [0.25, 0.3) is 0 Å². The number of anilines is 1. The first-order valence-corrected chi connectivity index (χ1v) is 8.71. The Labute approximate surface area is 158 Å². The monoisotopic (exact) mass is 389 g/mol. The number of benzene rings is 2. The predicted molar refractivity (Wildman–Crippen MR) is 97.8 cm³/mol. The van der Waals surface area contributed by atoms with Crippen LogP contribution in [0.4, 0.5) is 9.52 Å². The summed E-state index contributed by atoms with van der Waals surface area (Å²) in [6.07, 6.45) is 0. The molecule has 3 rings (SSSR count). The van der Waals surface area contributed by atoms with E-state index in [0.29, 0.717) is 27.4 Å². The zero-order valence-electron chi connectivity index (χ0n) is 14.3. The van der Waals surface area contributed by atoms with Crippen LogP contribution in [0.3, 0.4) is 0 Å². The van der Waals surface area contributed by atoms with Gasteiger partial charge in [0.2, 0.25) is 5.13 Å². The number of hydrogen-bond donors (Lipinski definition) is 1. The third-order valence-electron chi connectivity index (χ3n) is 3.32. The highest BCUT2D eigenvalue weighted by atomic mass is 32.1. The lowest BCUT2D eigenvalue weighted by Crippen LogP contribution is -2.20. The Balaban J connectivity index is 1.44. The van der Waals surface area contributed by atoms with E-state index in [-0.39, 0.29) is 24.9 Å². The van der Waals surface area contributed by atoms with E-state index in [1.807, 2.05) is 0 Å². The van der Waals surface area contributed by atoms with Crippen molar-refractivity contribution in [3.63, 3.8) is 0 Å². The van der Waals surface area contributed by atoms with Gasteiger partial charge in [-0.25, -0.2) is 4.39 Å². The maximum Gasteiger partial charge on any atom is 0.264 e. The largest absolute Gasteiger partial charge is 0.497 e. The van der Waals surface area contributed by atoms with E-state index >= 15 is 0 Å². The lowest BCUT2D eigenvalue weighted by atomic mass is 10.3. The third kappa shape index (κ3) is 5.65. The molecule has 140 valence electrons.